The van der Waals surface area contributed by atoms with Crippen LogP contribution in [0.4, 0.5) is 17.5 Å². The number of nitrogens with two attached hydrogens (primary N) is 1. The van der Waals surface area contributed by atoms with Crippen LogP contribution in [-0.2, 0) is 27.5 Å². The third-order valence-corrected chi connectivity index (χ3v) is 14.9. The Kier molecular flexibility index (Phi) is 12.9. The van der Waals surface area contributed by atoms with E-state index in [9.17, 15) is 24.6 Å². The quantitative estimate of drug-likeness (QED) is 0.110. The maximum atomic E-state index is 14.2. The molecule has 5 aromatic rings. The zero-order chi connectivity index (χ0) is 47.1. The first-order valence-corrected chi connectivity index (χ1v) is 24.0. The summed E-state index contributed by atoms with van der Waals surface area (Å²) in [6.07, 6.45) is 6.35. The lowest BCUT2D eigenvalue weighted by Gasteiger charge is -2.42. The van der Waals surface area contributed by atoms with E-state index in [1.807, 2.05) is 95.1 Å². The first-order chi connectivity index (χ1) is 32.1. The number of nitrogens with one attached hydrogen (secondary N) is 2. The topological polar surface area (TPSA) is 219 Å². The molecule has 1 saturated carbocycles. The summed E-state index contributed by atoms with van der Waals surface area (Å²) in [6.45, 7) is 10.0. The number of amides is 3. The number of phenols is 1. The number of thiazole rings is 1. The highest BCUT2D eigenvalue weighted by Gasteiger charge is 2.47. The number of hydrogen-bond donors (Lipinski definition) is 5. The first kappa shape index (κ1) is 45.9. The number of hydrogen-bond acceptors (Lipinski definition) is 15. The Morgan fingerprint density at radius 2 is 1.63 bits per heavy atom. The third kappa shape index (κ3) is 9.65. The van der Waals surface area contributed by atoms with Gasteiger partial charge in [-0.3, -0.25) is 19.3 Å². The number of nitrogens with zero attached hydrogens (tertiary/aromatic N) is 9. The molecule has 18 heteroatoms. The number of aromatic hydroxyl groups is 1. The van der Waals surface area contributed by atoms with Crippen molar-refractivity contribution in [1.29, 1.82) is 0 Å². The lowest BCUT2D eigenvalue weighted by molar-refractivity contribution is -0.145. The van der Waals surface area contributed by atoms with Gasteiger partial charge in [0.1, 0.15) is 17.8 Å². The van der Waals surface area contributed by atoms with Gasteiger partial charge in [-0.25, -0.2) is 15.0 Å². The van der Waals surface area contributed by atoms with Gasteiger partial charge in [-0.15, -0.1) is 21.5 Å². The number of nitrogen functional groups attached to an aromatic ring is 1. The molecular formula is C49H60N12O5S. The largest absolute Gasteiger partial charge is 0.507 e. The number of anilines is 3. The first-order valence-electron chi connectivity index (χ1n) is 23.1. The van der Waals surface area contributed by atoms with E-state index in [1.54, 1.807) is 23.5 Å². The summed E-state index contributed by atoms with van der Waals surface area (Å²) in [5.41, 5.74) is 13.4. The molecule has 17 nitrogen and oxygen atoms in total. The Morgan fingerprint density at radius 1 is 0.925 bits per heavy atom. The average molecular weight is 929 g/mol. The summed E-state index contributed by atoms with van der Waals surface area (Å²) >= 11 is 1.58. The van der Waals surface area contributed by atoms with Crippen molar-refractivity contribution >= 4 is 46.5 Å². The number of aryl methyl sites for hydroxylation is 1. The van der Waals surface area contributed by atoms with Crippen molar-refractivity contribution in [3.05, 3.63) is 89.3 Å². The highest BCUT2D eigenvalue weighted by molar-refractivity contribution is 7.13. The minimum atomic E-state index is -0.886. The second kappa shape index (κ2) is 18.8. The molecule has 67 heavy (non-hydrogen) atoms. The van der Waals surface area contributed by atoms with Crippen LogP contribution in [0.15, 0.2) is 72.5 Å². The van der Waals surface area contributed by atoms with E-state index in [2.05, 4.69) is 40.5 Å². The normalized spacial score (nSPS) is 23.0. The minimum Gasteiger partial charge on any atom is -0.507 e. The fraction of sp³-hybridized carbons (Fsp3) is 0.469. The van der Waals surface area contributed by atoms with Crippen molar-refractivity contribution in [1.82, 2.24) is 45.6 Å². The molecule has 0 spiro atoms. The molecule has 3 aromatic heterocycles. The Hall–Kier alpha value is -6.24. The predicted molar refractivity (Wildman–Crippen MR) is 257 cm³/mol. The molecule has 2 bridgehead atoms. The number of fused-ring (bicyclic) bond motifs is 2. The second-order valence-corrected chi connectivity index (χ2v) is 20.6. The van der Waals surface area contributed by atoms with E-state index in [4.69, 9.17) is 15.7 Å². The van der Waals surface area contributed by atoms with E-state index in [0.717, 1.165) is 58.9 Å². The molecule has 4 fully saturated rings. The predicted octanol–water partition coefficient (Wildman–Crippen LogP) is 4.53. The van der Waals surface area contributed by atoms with Crippen molar-refractivity contribution in [2.45, 2.75) is 109 Å². The highest BCUT2D eigenvalue weighted by Crippen LogP contribution is 2.39. The number of carbonyl (C=O) groups is 3. The number of β-amino-alcohol motifs (C(OH)–C–C–N with tert-alkyl or cyclic N) is 1. The third-order valence-electron chi connectivity index (χ3n) is 14.0. The number of aliphatic hydroxyl groups is 1. The number of likely N-dealkylation sites (tertiary alicyclic amines) is 1. The number of piperazine rings is 1. The zero-order valence-electron chi connectivity index (χ0n) is 38.7. The van der Waals surface area contributed by atoms with Gasteiger partial charge in [0.25, 0.3) is 0 Å². The summed E-state index contributed by atoms with van der Waals surface area (Å²) in [4.78, 5) is 64.9. The van der Waals surface area contributed by atoms with Gasteiger partial charge in [0.15, 0.2) is 5.82 Å². The van der Waals surface area contributed by atoms with E-state index in [-0.39, 0.29) is 67.0 Å². The van der Waals surface area contributed by atoms with Crippen LogP contribution in [0.25, 0.3) is 21.7 Å². The molecule has 1 aliphatic carbocycles. The highest BCUT2D eigenvalue weighted by atomic mass is 32.1. The molecule has 352 valence electrons. The minimum absolute atomic E-state index is 0.0183. The molecular weight excluding hydrogens is 869 g/mol. The Bertz CT molecular complexity index is 2580. The molecule has 3 amide bonds. The van der Waals surface area contributed by atoms with Gasteiger partial charge in [-0.05, 0) is 74.4 Å². The molecule has 6 N–H and O–H groups in total. The van der Waals surface area contributed by atoms with E-state index >= 15 is 0 Å². The lowest BCUT2D eigenvalue weighted by Crippen LogP contribution is -2.59. The van der Waals surface area contributed by atoms with Gasteiger partial charge in [0.2, 0.25) is 23.7 Å². The van der Waals surface area contributed by atoms with Crippen LogP contribution < -0.4 is 26.2 Å². The van der Waals surface area contributed by atoms with Gasteiger partial charge in [-0.1, -0.05) is 57.2 Å². The van der Waals surface area contributed by atoms with Crippen LogP contribution >= 0.6 is 11.3 Å². The zero-order valence-corrected chi connectivity index (χ0v) is 39.5. The van der Waals surface area contributed by atoms with Crippen LogP contribution in [0.1, 0.15) is 69.7 Å². The lowest BCUT2D eigenvalue weighted by atomic mass is 9.77. The Balaban J connectivity index is 0.759. The average Bonchev–Trinajstić information content (AvgIpc) is 3.98. The fourth-order valence-corrected chi connectivity index (χ4v) is 10.9. The second-order valence-electron chi connectivity index (χ2n) is 19.7. The maximum absolute atomic E-state index is 14.2. The maximum Gasteiger partial charge on any atom is 0.246 e. The van der Waals surface area contributed by atoms with Crippen LogP contribution in [0.3, 0.4) is 0 Å². The molecule has 3 saturated heterocycles. The summed E-state index contributed by atoms with van der Waals surface area (Å²) < 4.78 is 0. The molecule has 2 aromatic carbocycles. The fourth-order valence-electron chi connectivity index (χ4n) is 10.1. The number of phenolic OH excluding ortho intramolecular Hbond substituents is 1. The molecule has 9 rings (SSSR count). The summed E-state index contributed by atoms with van der Waals surface area (Å²) in [7, 11) is 2.04. The summed E-state index contributed by atoms with van der Waals surface area (Å²) in [5.74, 6) is 0.0429. The molecule has 0 radical (unpaired) electrons. The van der Waals surface area contributed by atoms with Crippen LogP contribution in [0.2, 0.25) is 0 Å². The van der Waals surface area contributed by atoms with Gasteiger partial charge >= 0.3 is 0 Å². The standard InChI is InChI=1S/C49H60N12O5S/c1-28-42(67-27-54-28)31-12-10-29(11-13-31)20-51-46(65)40-18-36(62)26-60(40)47(66)43(49(2,3)4)55-45(64)32-16-35(17-32)58(5)23-30-21-52-48(53-22-30)61-33-14-15-34(61)25-59(24-33)39-19-38(56-57-44(39)50)37-8-6-7-9-41(37)63/h6-13,19,21-22,27,32-36,40,43,62-63H,14-18,20,23-26H2,1-5H3,(H2,50,57)(H,51,65)(H,55,64)/t32-,33?,34?,35+,36-,40+,43-/m1/s1. The number of rotatable bonds is 13. The molecule has 5 atom stereocenters. The number of benzene rings is 2. The van der Waals surface area contributed by atoms with Gasteiger partial charge in [-0.2, -0.15) is 0 Å². The van der Waals surface area contributed by atoms with E-state index < -0.39 is 23.6 Å². The van der Waals surface area contributed by atoms with Crippen molar-refractivity contribution in [2.75, 3.05) is 42.2 Å². The smallest absolute Gasteiger partial charge is 0.246 e. The van der Waals surface area contributed by atoms with Crippen molar-refractivity contribution < 1.29 is 24.6 Å². The molecule has 4 aliphatic rings. The summed E-state index contributed by atoms with van der Waals surface area (Å²) in [5, 5.41) is 35.6. The van der Waals surface area contributed by atoms with Crippen molar-refractivity contribution in [3.8, 4) is 27.4 Å². The van der Waals surface area contributed by atoms with Crippen LogP contribution in [0.5, 0.6) is 5.75 Å². The SMILES string of the molecule is Cc1ncsc1-c1ccc(CNC(=O)[C@@H]2C[C@@H](O)CN2C(=O)[C@@H](NC(=O)[C@H]2C[C@@H](N(C)Cc3cnc(N4C5CCC4CN(c4cc(-c6ccccc6O)nnc4N)C5)nc3)C2)C(C)(C)C)cc1. The monoisotopic (exact) mass is 928 g/mol. The van der Waals surface area contributed by atoms with E-state index in [0.29, 0.717) is 42.4 Å². The molecule has 2 unspecified atom stereocenters. The summed E-state index contributed by atoms with van der Waals surface area (Å²) in [6, 6.07) is 15.7. The Morgan fingerprint density at radius 3 is 2.28 bits per heavy atom. The van der Waals surface area contributed by atoms with Gasteiger partial charge in [0, 0.05) is 86.7 Å². The number of aromatic nitrogens is 5. The van der Waals surface area contributed by atoms with Crippen LogP contribution in [-0.4, -0.2) is 126 Å². The number of carbonyl (C=O) groups excluding carboxylic acids is 3. The van der Waals surface area contributed by atoms with Crippen LogP contribution in [0, 0.1) is 18.3 Å². The van der Waals surface area contributed by atoms with E-state index in [1.165, 1.54) is 4.90 Å². The Labute approximate surface area is 394 Å². The molecule has 6 heterocycles. The number of aliphatic hydroxyl groups excluding tert-OH is 1. The van der Waals surface area contributed by atoms with Crippen molar-refractivity contribution in [3.63, 3.8) is 0 Å². The van der Waals surface area contributed by atoms with Gasteiger partial charge in [0.05, 0.1) is 33.6 Å². The van der Waals surface area contributed by atoms with Gasteiger partial charge < -0.3 is 41.3 Å². The van der Waals surface area contributed by atoms with Crippen molar-refractivity contribution in [2.24, 2.45) is 11.3 Å². The number of para-hydroxylation sites is 1. The molecule has 3 aliphatic heterocycles.